The molecule has 1 aromatic carbocycles. The van der Waals surface area contributed by atoms with Crippen LogP contribution in [0.2, 0.25) is 0 Å². The van der Waals surface area contributed by atoms with E-state index in [-0.39, 0.29) is 12.9 Å². The van der Waals surface area contributed by atoms with Gasteiger partial charge in [-0.2, -0.15) is 0 Å². The van der Waals surface area contributed by atoms with Gasteiger partial charge in [0.25, 0.3) is 0 Å². The molecular formula is C13H16Br4. The summed E-state index contributed by atoms with van der Waals surface area (Å²) in [6.07, 6.45) is 1.13. The van der Waals surface area contributed by atoms with Crippen LogP contribution in [0.5, 0.6) is 0 Å². The molecule has 0 aliphatic rings. The van der Waals surface area contributed by atoms with Gasteiger partial charge >= 0.3 is 0 Å². The highest BCUT2D eigenvalue weighted by Crippen LogP contribution is 2.41. The summed E-state index contributed by atoms with van der Waals surface area (Å²) in [4.78, 5) is 0. The van der Waals surface area contributed by atoms with Crippen molar-refractivity contribution in [3.8, 4) is 0 Å². The molecule has 0 saturated carbocycles. The van der Waals surface area contributed by atoms with Crippen molar-refractivity contribution >= 4 is 63.7 Å². The third kappa shape index (κ3) is 4.05. The molecule has 0 radical (unpaired) electrons. The first kappa shape index (κ1) is 16.2. The maximum Gasteiger partial charge on any atom is 0.0949 e. The summed E-state index contributed by atoms with van der Waals surface area (Å²) >= 11 is 14.3. The van der Waals surface area contributed by atoms with E-state index in [2.05, 4.69) is 103 Å². The minimum atomic E-state index is 0.176. The number of halogens is 4. The second-order valence-corrected chi connectivity index (χ2v) is 10.8. The van der Waals surface area contributed by atoms with E-state index < -0.39 is 0 Å². The highest BCUT2D eigenvalue weighted by Gasteiger charge is 2.21. The largest absolute Gasteiger partial charge is 0.0949 e. The van der Waals surface area contributed by atoms with Crippen molar-refractivity contribution in [2.24, 2.45) is 0 Å². The first-order chi connectivity index (χ1) is 7.79. The molecule has 1 aromatic rings. The Bertz CT molecular complexity index is 383. The Morgan fingerprint density at radius 2 is 1.53 bits per heavy atom. The SMILES string of the molecule is CCC(C)(C)c1ccc(C(Br)Br)c(C(Br)Br)c1. The van der Waals surface area contributed by atoms with E-state index >= 15 is 0 Å². The van der Waals surface area contributed by atoms with E-state index in [1.807, 2.05) is 0 Å². The number of benzene rings is 1. The minimum Gasteiger partial charge on any atom is -0.0712 e. The first-order valence-electron chi connectivity index (χ1n) is 5.50. The second-order valence-electron chi connectivity index (χ2n) is 4.68. The van der Waals surface area contributed by atoms with Gasteiger partial charge in [-0.25, -0.2) is 0 Å². The van der Waals surface area contributed by atoms with Crippen LogP contribution in [0.1, 0.15) is 51.4 Å². The summed E-state index contributed by atoms with van der Waals surface area (Å²) < 4.78 is 0.358. The van der Waals surface area contributed by atoms with Gasteiger partial charge in [0.1, 0.15) is 0 Å². The van der Waals surface area contributed by atoms with Gasteiger partial charge in [-0.3, -0.25) is 0 Å². The van der Waals surface area contributed by atoms with Crippen LogP contribution in [0.3, 0.4) is 0 Å². The lowest BCUT2D eigenvalue weighted by Crippen LogP contribution is -2.16. The maximum absolute atomic E-state index is 3.60. The summed E-state index contributed by atoms with van der Waals surface area (Å²) in [5.41, 5.74) is 4.11. The van der Waals surface area contributed by atoms with Gasteiger partial charge in [0, 0.05) is 0 Å². The van der Waals surface area contributed by atoms with Crippen LogP contribution >= 0.6 is 63.7 Å². The molecule has 96 valence electrons. The Labute approximate surface area is 137 Å². The van der Waals surface area contributed by atoms with Crippen molar-refractivity contribution < 1.29 is 0 Å². The molecule has 0 nitrogen and oxygen atoms in total. The Hall–Kier alpha value is 1.14. The van der Waals surface area contributed by atoms with E-state index in [1.165, 1.54) is 16.7 Å². The third-order valence-corrected chi connectivity index (χ3v) is 5.20. The Balaban J connectivity index is 3.28. The zero-order valence-electron chi connectivity index (χ0n) is 10.1. The molecule has 0 aliphatic heterocycles. The van der Waals surface area contributed by atoms with Crippen LogP contribution in [-0.4, -0.2) is 0 Å². The van der Waals surface area contributed by atoms with Crippen LogP contribution in [0.15, 0.2) is 18.2 Å². The lowest BCUT2D eigenvalue weighted by molar-refractivity contribution is 0.506. The smallest absolute Gasteiger partial charge is 0.0712 e. The second kappa shape index (κ2) is 6.53. The molecule has 0 saturated heterocycles. The van der Waals surface area contributed by atoms with Gasteiger partial charge in [0.05, 0.1) is 7.47 Å². The quantitative estimate of drug-likeness (QED) is 0.400. The van der Waals surface area contributed by atoms with Crippen LogP contribution in [0.25, 0.3) is 0 Å². The molecule has 0 amide bonds. The molecule has 0 fully saturated rings. The molecular weight excluding hydrogens is 476 g/mol. The van der Waals surface area contributed by atoms with E-state index in [4.69, 9.17) is 0 Å². The molecule has 0 bridgehead atoms. The van der Waals surface area contributed by atoms with Gasteiger partial charge in [-0.15, -0.1) is 0 Å². The molecule has 0 atom stereocenters. The zero-order valence-corrected chi connectivity index (χ0v) is 16.4. The van der Waals surface area contributed by atoms with E-state index in [0.717, 1.165) is 6.42 Å². The van der Waals surface area contributed by atoms with Crippen molar-refractivity contribution in [1.82, 2.24) is 0 Å². The van der Waals surface area contributed by atoms with E-state index in [0.29, 0.717) is 0 Å². The number of rotatable bonds is 4. The van der Waals surface area contributed by atoms with Crippen molar-refractivity contribution in [2.75, 3.05) is 0 Å². The Morgan fingerprint density at radius 1 is 1.00 bits per heavy atom. The van der Waals surface area contributed by atoms with Crippen LogP contribution in [0.4, 0.5) is 0 Å². The van der Waals surface area contributed by atoms with E-state index in [9.17, 15) is 0 Å². The molecule has 0 aliphatic carbocycles. The standard InChI is InChI=1S/C13H16Br4/c1-4-13(2,3)8-5-6-9(11(14)15)10(7-8)12(16)17/h5-7,11-12H,4H2,1-3H3. The molecule has 17 heavy (non-hydrogen) atoms. The summed E-state index contributed by atoms with van der Waals surface area (Å²) in [7, 11) is 0. The fourth-order valence-electron chi connectivity index (χ4n) is 1.59. The molecule has 4 heteroatoms. The fourth-order valence-corrected chi connectivity index (χ4v) is 3.21. The van der Waals surface area contributed by atoms with Crippen molar-refractivity contribution in [1.29, 1.82) is 0 Å². The van der Waals surface area contributed by atoms with Crippen molar-refractivity contribution in [3.05, 3.63) is 34.9 Å². The first-order valence-corrected chi connectivity index (χ1v) is 9.16. The zero-order chi connectivity index (χ0) is 13.2. The lowest BCUT2D eigenvalue weighted by Gasteiger charge is -2.25. The summed E-state index contributed by atoms with van der Waals surface area (Å²) in [6, 6.07) is 6.69. The molecule has 0 N–H and O–H groups in total. The molecule has 1 rings (SSSR count). The number of hydrogen-bond donors (Lipinski definition) is 0. The van der Waals surface area contributed by atoms with Crippen molar-refractivity contribution in [2.45, 2.75) is 40.1 Å². The number of alkyl halides is 4. The number of hydrogen-bond acceptors (Lipinski definition) is 0. The average molecular weight is 492 g/mol. The topological polar surface area (TPSA) is 0 Å². The van der Waals surface area contributed by atoms with E-state index in [1.54, 1.807) is 0 Å². The normalized spacial score (nSPS) is 12.5. The van der Waals surface area contributed by atoms with Gasteiger partial charge in [-0.05, 0) is 28.5 Å². The molecule has 0 unspecified atom stereocenters. The Morgan fingerprint density at radius 3 is 1.94 bits per heavy atom. The molecule has 0 spiro atoms. The fraction of sp³-hybridized carbons (Fsp3) is 0.538. The van der Waals surface area contributed by atoms with Gasteiger partial charge in [0.15, 0.2) is 0 Å². The monoisotopic (exact) mass is 488 g/mol. The highest BCUT2D eigenvalue weighted by atomic mass is 79.9. The Kier molecular flexibility index (Phi) is 6.23. The highest BCUT2D eigenvalue weighted by molar-refractivity contribution is 9.24. The summed E-state index contributed by atoms with van der Waals surface area (Å²) in [5, 5.41) is 0. The maximum atomic E-state index is 3.60. The average Bonchev–Trinajstić information content (AvgIpc) is 2.28. The predicted molar refractivity (Wildman–Crippen MR) is 90.9 cm³/mol. The van der Waals surface area contributed by atoms with Crippen LogP contribution in [-0.2, 0) is 5.41 Å². The molecule has 0 aromatic heterocycles. The summed E-state index contributed by atoms with van der Waals surface area (Å²) in [6.45, 7) is 6.79. The third-order valence-electron chi connectivity index (χ3n) is 3.22. The summed E-state index contributed by atoms with van der Waals surface area (Å²) in [5.74, 6) is 0. The predicted octanol–water partition coefficient (Wildman–Crippen LogP) is 6.95. The van der Waals surface area contributed by atoms with Gasteiger partial charge < -0.3 is 0 Å². The van der Waals surface area contributed by atoms with Crippen LogP contribution < -0.4 is 0 Å². The van der Waals surface area contributed by atoms with Crippen LogP contribution in [0, 0.1) is 0 Å². The van der Waals surface area contributed by atoms with Crippen molar-refractivity contribution in [3.63, 3.8) is 0 Å². The van der Waals surface area contributed by atoms with Gasteiger partial charge in [-0.1, -0.05) is 103 Å². The molecule has 0 heterocycles. The lowest BCUT2D eigenvalue weighted by atomic mass is 9.81. The van der Waals surface area contributed by atoms with Gasteiger partial charge in [0.2, 0.25) is 0 Å². The minimum absolute atomic E-state index is 0.176.